The summed E-state index contributed by atoms with van der Waals surface area (Å²) >= 11 is 0. The van der Waals surface area contributed by atoms with Crippen molar-refractivity contribution in [2.24, 2.45) is 0 Å². The van der Waals surface area contributed by atoms with Gasteiger partial charge >= 0.3 is 0 Å². The summed E-state index contributed by atoms with van der Waals surface area (Å²) in [6.45, 7) is -0.496. The van der Waals surface area contributed by atoms with Crippen molar-refractivity contribution in [2.75, 3.05) is 19.4 Å². The van der Waals surface area contributed by atoms with Gasteiger partial charge in [-0.3, -0.25) is 9.36 Å². The predicted octanol–water partition coefficient (Wildman–Crippen LogP) is -2.30. The number of nitrogens with zero attached hydrogens (tertiary/aromatic N) is 4. The number of hydrogen-bond donors (Lipinski definition) is 5. The highest BCUT2D eigenvalue weighted by molar-refractivity contribution is 5.81. The third-order valence-corrected chi connectivity index (χ3v) is 4.46. The fourth-order valence-corrected chi connectivity index (χ4v) is 3.09. The van der Waals surface area contributed by atoms with Gasteiger partial charge in [-0.05, 0) is 0 Å². The fourth-order valence-electron chi connectivity index (χ4n) is 3.09. The molecule has 1 aliphatic heterocycles. The third-order valence-electron chi connectivity index (χ3n) is 4.46. The molecule has 2 aromatic heterocycles. The molecular weight excluding hydrogens is 332 g/mol. The van der Waals surface area contributed by atoms with Crippen molar-refractivity contribution in [3.63, 3.8) is 0 Å². The number of amides is 1. The summed E-state index contributed by atoms with van der Waals surface area (Å²) in [6.07, 6.45) is -1.14. The minimum Gasteiger partial charge on any atom is -0.394 e. The van der Waals surface area contributed by atoms with Crippen LogP contribution in [0.15, 0.2) is 12.7 Å². The molecule has 25 heavy (non-hydrogen) atoms. The SMILES string of the molecule is CNC(=O)CC[C@@]1(n2cnc3c(N)ncnc32)O[C@H](CO)[C@@H](O)[C@H]1O. The summed E-state index contributed by atoms with van der Waals surface area (Å²) in [7, 11) is 1.49. The van der Waals surface area contributed by atoms with Crippen molar-refractivity contribution in [1.82, 2.24) is 24.8 Å². The van der Waals surface area contributed by atoms with Crippen molar-refractivity contribution in [1.29, 1.82) is 0 Å². The topological polar surface area (TPSA) is 169 Å². The Morgan fingerprint density at radius 1 is 1.44 bits per heavy atom. The van der Waals surface area contributed by atoms with E-state index in [0.717, 1.165) is 0 Å². The lowest BCUT2D eigenvalue weighted by molar-refractivity contribution is -0.154. The van der Waals surface area contributed by atoms with Crippen molar-refractivity contribution in [3.05, 3.63) is 12.7 Å². The van der Waals surface area contributed by atoms with Gasteiger partial charge in [0, 0.05) is 19.9 Å². The van der Waals surface area contributed by atoms with Gasteiger partial charge in [-0.15, -0.1) is 0 Å². The molecule has 1 aliphatic rings. The zero-order valence-corrected chi connectivity index (χ0v) is 13.5. The maximum absolute atomic E-state index is 11.7. The van der Waals surface area contributed by atoms with Crippen LogP contribution in [0.5, 0.6) is 0 Å². The largest absolute Gasteiger partial charge is 0.394 e. The molecule has 11 nitrogen and oxygen atoms in total. The molecule has 136 valence electrons. The lowest BCUT2D eigenvalue weighted by atomic mass is 9.97. The minimum atomic E-state index is -1.53. The minimum absolute atomic E-state index is 0.0126. The molecule has 0 radical (unpaired) electrons. The van der Waals surface area contributed by atoms with Crippen LogP contribution in [0.1, 0.15) is 12.8 Å². The molecule has 6 N–H and O–H groups in total. The van der Waals surface area contributed by atoms with Crippen molar-refractivity contribution >= 4 is 22.9 Å². The number of ether oxygens (including phenoxy) is 1. The van der Waals surface area contributed by atoms with Crippen LogP contribution in [0.4, 0.5) is 5.82 Å². The van der Waals surface area contributed by atoms with E-state index in [4.69, 9.17) is 10.5 Å². The quantitative estimate of drug-likeness (QED) is 0.397. The third kappa shape index (κ3) is 2.70. The Morgan fingerprint density at radius 2 is 2.20 bits per heavy atom. The lowest BCUT2D eigenvalue weighted by Gasteiger charge is -2.33. The number of fused-ring (bicyclic) bond motifs is 1. The van der Waals surface area contributed by atoms with Crippen LogP contribution in [0.3, 0.4) is 0 Å². The van der Waals surface area contributed by atoms with Gasteiger partial charge in [0.25, 0.3) is 0 Å². The molecule has 1 saturated heterocycles. The van der Waals surface area contributed by atoms with Crippen LogP contribution in [0.2, 0.25) is 0 Å². The average molecular weight is 352 g/mol. The van der Waals surface area contributed by atoms with Crippen LogP contribution in [0, 0.1) is 0 Å². The number of aliphatic hydroxyl groups is 3. The first-order valence-corrected chi connectivity index (χ1v) is 7.74. The van der Waals surface area contributed by atoms with E-state index in [0.29, 0.717) is 5.52 Å². The van der Waals surface area contributed by atoms with Gasteiger partial charge < -0.3 is 31.1 Å². The Labute approximate surface area is 142 Å². The monoisotopic (exact) mass is 352 g/mol. The molecule has 4 atom stereocenters. The Hall–Kier alpha value is -2.34. The predicted molar refractivity (Wildman–Crippen MR) is 85.0 cm³/mol. The second-order valence-electron chi connectivity index (χ2n) is 5.84. The molecule has 3 rings (SSSR count). The number of aliphatic hydroxyl groups excluding tert-OH is 3. The molecule has 0 spiro atoms. The molecule has 0 aliphatic carbocycles. The molecule has 1 fully saturated rings. The molecule has 2 aromatic rings. The van der Waals surface area contributed by atoms with E-state index in [9.17, 15) is 20.1 Å². The summed E-state index contributed by atoms with van der Waals surface area (Å²) in [5.41, 5.74) is 4.85. The molecule has 0 bridgehead atoms. The molecular formula is C14H20N6O5. The first kappa shape index (κ1) is 17.5. The second kappa shape index (κ2) is 6.52. The van der Waals surface area contributed by atoms with Gasteiger partial charge in [-0.2, -0.15) is 0 Å². The summed E-state index contributed by atoms with van der Waals surface area (Å²) in [5.74, 6) is -0.118. The summed E-state index contributed by atoms with van der Waals surface area (Å²) < 4.78 is 7.23. The van der Waals surface area contributed by atoms with Crippen molar-refractivity contribution in [2.45, 2.75) is 36.9 Å². The Morgan fingerprint density at radius 3 is 2.84 bits per heavy atom. The molecule has 0 saturated carbocycles. The van der Waals surface area contributed by atoms with Crippen LogP contribution in [0.25, 0.3) is 11.2 Å². The van der Waals surface area contributed by atoms with Gasteiger partial charge in [0.1, 0.15) is 30.2 Å². The Balaban J connectivity index is 2.10. The van der Waals surface area contributed by atoms with Crippen molar-refractivity contribution < 1.29 is 24.9 Å². The maximum Gasteiger partial charge on any atom is 0.219 e. The lowest BCUT2D eigenvalue weighted by Crippen LogP contribution is -2.46. The van der Waals surface area contributed by atoms with E-state index in [-0.39, 0.29) is 30.2 Å². The zero-order valence-electron chi connectivity index (χ0n) is 13.5. The number of nitrogens with one attached hydrogen (secondary N) is 1. The van der Waals surface area contributed by atoms with Crippen LogP contribution in [-0.4, -0.2) is 72.7 Å². The van der Waals surface area contributed by atoms with Gasteiger partial charge in [0.2, 0.25) is 5.91 Å². The van der Waals surface area contributed by atoms with Gasteiger partial charge in [-0.1, -0.05) is 0 Å². The summed E-state index contributed by atoms with van der Waals surface area (Å²) in [5, 5.41) is 32.8. The van der Waals surface area contributed by atoms with Gasteiger partial charge in [-0.25, -0.2) is 15.0 Å². The summed E-state index contributed by atoms with van der Waals surface area (Å²) in [6, 6.07) is 0. The van der Waals surface area contributed by atoms with E-state index >= 15 is 0 Å². The van der Waals surface area contributed by atoms with Crippen molar-refractivity contribution in [3.8, 4) is 0 Å². The number of rotatable bonds is 5. The van der Waals surface area contributed by atoms with Gasteiger partial charge in [0.15, 0.2) is 17.2 Å². The number of nitrogens with two attached hydrogens (primary N) is 1. The first-order chi connectivity index (χ1) is 11.9. The highest BCUT2D eigenvalue weighted by Gasteiger charge is 2.55. The zero-order chi connectivity index (χ0) is 18.2. The van der Waals surface area contributed by atoms with Crippen LogP contribution >= 0.6 is 0 Å². The van der Waals surface area contributed by atoms with Gasteiger partial charge in [0.05, 0.1) is 12.9 Å². The normalized spacial score (nSPS) is 29.2. The standard InChI is InChI=1S/C14H20N6O5/c1-16-8(22)2-3-14(11(24)10(23)7(4-21)25-14)20-6-19-9-12(15)17-5-18-13(9)20/h5-7,10-11,21,23-24H,2-4H2,1H3,(H,16,22)(H2,15,17,18)/t7-,10-,11-,14-/m1/s1. The number of carbonyl (C=O) groups is 1. The highest BCUT2D eigenvalue weighted by atomic mass is 16.6. The Bertz CT molecular complexity index is 782. The average Bonchev–Trinajstić information content (AvgIpc) is 3.16. The van der Waals surface area contributed by atoms with E-state index in [2.05, 4.69) is 20.3 Å². The first-order valence-electron chi connectivity index (χ1n) is 7.74. The van der Waals surface area contributed by atoms with E-state index in [1.165, 1.54) is 24.3 Å². The fraction of sp³-hybridized carbons (Fsp3) is 0.571. The molecule has 11 heteroatoms. The van der Waals surface area contributed by atoms with E-state index in [1.807, 2.05) is 0 Å². The molecule has 0 aromatic carbocycles. The number of nitrogen functional groups attached to an aromatic ring is 1. The molecule has 0 unspecified atom stereocenters. The maximum atomic E-state index is 11.7. The van der Waals surface area contributed by atoms with Crippen LogP contribution < -0.4 is 11.1 Å². The second-order valence-corrected chi connectivity index (χ2v) is 5.84. The number of aromatic nitrogens is 4. The number of anilines is 1. The number of imidazole rings is 1. The molecule has 1 amide bonds. The van der Waals surface area contributed by atoms with Crippen LogP contribution in [-0.2, 0) is 15.3 Å². The van der Waals surface area contributed by atoms with E-state index < -0.39 is 30.6 Å². The van der Waals surface area contributed by atoms with E-state index in [1.54, 1.807) is 0 Å². The smallest absolute Gasteiger partial charge is 0.219 e. The Kier molecular flexibility index (Phi) is 4.56. The summed E-state index contributed by atoms with van der Waals surface area (Å²) in [4.78, 5) is 23.8. The molecule has 3 heterocycles. The highest BCUT2D eigenvalue weighted by Crippen LogP contribution is 2.41. The number of hydrogen-bond acceptors (Lipinski definition) is 9. The number of carbonyl (C=O) groups excluding carboxylic acids is 1.